The van der Waals surface area contributed by atoms with Crippen molar-refractivity contribution in [3.63, 3.8) is 0 Å². The van der Waals surface area contributed by atoms with Crippen LogP contribution < -0.4 is 4.84 Å². The van der Waals surface area contributed by atoms with Gasteiger partial charge in [-0.3, -0.25) is 0 Å². The van der Waals surface area contributed by atoms with Crippen LogP contribution in [-0.2, 0) is 0 Å². The molecule has 0 bridgehead atoms. The smallest absolute Gasteiger partial charge is 0.230 e. The Hall–Kier alpha value is 0.0400. The summed E-state index contributed by atoms with van der Waals surface area (Å²) in [5.74, 6) is -1.14. The lowest BCUT2D eigenvalue weighted by molar-refractivity contribution is -0.197. The second-order valence-electron chi connectivity index (χ2n) is 2.52. The van der Waals surface area contributed by atoms with E-state index in [4.69, 9.17) is 11.8 Å². The summed E-state index contributed by atoms with van der Waals surface area (Å²) in [6, 6.07) is -0.145. The number of alkyl halides is 3. The summed E-state index contributed by atoms with van der Waals surface area (Å²) < 4.78 is 35.2. The Labute approximate surface area is 61.7 Å². The van der Waals surface area contributed by atoms with Crippen LogP contribution in [0, 0.1) is 5.92 Å². The standard InChI is InChI=1S/C5H7ClF3N/c6-10-4-1-3(2-4)5(7,8)9/h3-4,10H,1-2H2. The Morgan fingerprint density at radius 3 is 2.10 bits per heavy atom. The molecule has 0 saturated heterocycles. The second-order valence-corrected chi connectivity index (χ2v) is 2.73. The van der Waals surface area contributed by atoms with Gasteiger partial charge in [-0.05, 0) is 24.6 Å². The maximum Gasteiger partial charge on any atom is 0.391 e. The molecule has 0 amide bonds. The zero-order chi connectivity index (χ0) is 7.78. The van der Waals surface area contributed by atoms with Gasteiger partial charge in [0.15, 0.2) is 0 Å². The number of rotatable bonds is 1. The van der Waals surface area contributed by atoms with E-state index in [1.807, 2.05) is 0 Å². The lowest BCUT2D eigenvalue weighted by atomic mass is 9.80. The number of hydrogen-bond acceptors (Lipinski definition) is 1. The molecule has 0 aliphatic heterocycles. The first-order chi connectivity index (χ1) is 4.54. The maximum absolute atomic E-state index is 11.7. The first kappa shape index (κ1) is 8.14. The topological polar surface area (TPSA) is 12.0 Å². The molecule has 1 nitrogen and oxygen atoms in total. The van der Waals surface area contributed by atoms with Gasteiger partial charge in [-0.1, -0.05) is 0 Å². The van der Waals surface area contributed by atoms with Crippen LogP contribution in [0.1, 0.15) is 12.8 Å². The lowest BCUT2D eigenvalue weighted by Crippen LogP contribution is -2.43. The van der Waals surface area contributed by atoms with E-state index in [0.29, 0.717) is 0 Å². The van der Waals surface area contributed by atoms with E-state index in [9.17, 15) is 13.2 Å². The second kappa shape index (κ2) is 2.58. The molecule has 1 saturated carbocycles. The Morgan fingerprint density at radius 1 is 1.30 bits per heavy atom. The minimum absolute atomic E-state index is 0.118. The van der Waals surface area contributed by atoms with Gasteiger partial charge in [-0.25, -0.2) is 4.84 Å². The molecule has 0 aromatic carbocycles. The number of halogens is 4. The largest absolute Gasteiger partial charge is 0.391 e. The summed E-state index contributed by atoms with van der Waals surface area (Å²) in [4.78, 5) is 2.28. The maximum atomic E-state index is 11.7. The van der Waals surface area contributed by atoms with Crippen LogP contribution in [0.4, 0.5) is 13.2 Å². The molecular weight excluding hydrogens is 167 g/mol. The van der Waals surface area contributed by atoms with Crippen LogP contribution in [0.3, 0.4) is 0 Å². The summed E-state index contributed by atoms with van der Waals surface area (Å²) in [5.41, 5.74) is 0. The molecule has 0 spiro atoms. The van der Waals surface area contributed by atoms with Gasteiger partial charge < -0.3 is 0 Å². The van der Waals surface area contributed by atoms with E-state index >= 15 is 0 Å². The molecule has 0 radical (unpaired) electrons. The Balaban J connectivity index is 2.26. The number of hydrogen-bond donors (Lipinski definition) is 1. The van der Waals surface area contributed by atoms with E-state index < -0.39 is 12.1 Å². The summed E-state index contributed by atoms with van der Waals surface area (Å²) >= 11 is 5.10. The molecular formula is C5H7ClF3N. The van der Waals surface area contributed by atoms with Crippen molar-refractivity contribution in [2.24, 2.45) is 5.92 Å². The van der Waals surface area contributed by atoms with Gasteiger partial charge in [0, 0.05) is 6.04 Å². The predicted octanol–water partition coefficient (Wildman–Crippen LogP) is 2.07. The van der Waals surface area contributed by atoms with Crippen LogP contribution in [0.25, 0.3) is 0 Å². The van der Waals surface area contributed by atoms with Crippen LogP contribution >= 0.6 is 11.8 Å². The van der Waals surface area contributed by atoms with E-state index in [-0.39, 0.29) is 18.9 Å². The fourth-order valence-electron chi connectivity index (χ4n) is 0.974. The quantitative estimate of drug-likeness (QED) is 0.599. The monoisotopic (exact) mass is 173 g/mol. The highest BCUT2D eigenvalue weighted by atomic mass is 35.5. The zero-order valence-corrected chi connectivity index (χ0v) is 5.84. The van der Waals surface area contributed by atoms with Gasteiger partial charge in [-0.2, -0.15) is 13.2 Å². The van der Waals surface area contributed by atoms with Crippen LogP contribution in [0.15, 0.2) is 0 Å². The Bertz CT molecular complexity index is 119. The Morgan fingerprint density at radius 2 is 1.80 bits per heavy atom. The van der Waals surface area contributed by atoms with E-state index in [2.05, 4.69) is 4.84 Å². The van der Waals surface area contributed by atoms with Crippen molar-refractivity contribution < 1.29 is 13.2 Å². The third-order valence-corrected chi connectivity index (χ3v) is 2.06. The highest BCUT2D eigenvalue weighted by Gasteiger charge is 2.47. The zero-order valence-electron chi connectivity index (χ0n) is 5.08. The fourth-order valence-corrected chi connectivity index (χ4v) is 1.15. The molecule has 0 atom stereocenters. The van der Waals surface area contributed by atoms with E-state index in [0.717, 1.165) is 0 Å². The predicted molar refractivity (Wildman–Crippen MR) is 31.6 cm³/mol. The SMILES string of the molecule is FC(F)(F)C1CC(NCl)C1. The number of nitrogens with one attached hydrogen (secondary N) is 1. The average molecular weight is 174 g/mol. The highest BCUT2D eigenvalue weighted by Crippen LogP contribution is 2.40. The van der Waals surface area contributed by atoms with E-state index in [1.54, 1.807) is 0 Å². The molecule has 1 fully saturated rings. The molecule has 1 N–H and O–H groups in total. The first-order valence-corrected chi connectivity index (χ1v) is 3.34. The normalized spacial score (nSPS) is 33.6. The van der Waals surface area contributed by atoms with Crippen molar-refractivity contribution >= 4 is 11.8 Å². The van der Waals surface area contributed by atoms with Crippen molar-refractivity contribution in [2.45, 2.75) is 25.1 Å². The van der Waals surface area contributed by atoms with Crippen molar-refractivity contribution in [3.8, 4) is 0 Å². The third-order valence-electron chi connectivity index (χ3n) is 1.76. The summed E-state index contributed by atoms with van der Waals surface area (Å²) in [6.45, 7) is 0. The van der Waals surface area contributed by atoms with Gasteiger partial charge in [0.1, 0.15) is 0 Å². The van der Waals surface area contributed by atoms with Gasteiger partial charge in [-0.15, -0.1) is 0 Å². The molecule has 60 valence electrons. The summed E-state index contributed by atoms with van der Waals surface area (Å²) in [7, 11) is 0. The molecule has 1 aliphatic carbocycles. The minimum atomic E-state index is -4.02. The van der Waals surface area contributed by atoms with Gasteiger partial charge in [0.25, 0.3) is 0 Å². The highest BCUT2D eigenvalue weighted by molar-refractivity contribution is 6.13. The molecule has 0 heterocycles. The molecule has 0 aromatic heterocycles. The molecule has 0 unspecified atom stereocenters. The van der Waals surface area contributed by atoms with Crippen LogP contribution in [0.2, 0.25) is 0 Å². The summed E-state index contributed by atoms with van der Waals surface area (Å²) in [5, 5.41) is 0. The molecule has 0 aromatic rings. The van der Waals surface area contributed by atoms with Gasteiger partial charge in [0.2, 0.25) is 0 Å². The fraction of sp³-hybridized carbons (Fsp3) is 1.00. The summed E-state index contributed by atoms with van der Waals surface area (Å²) in [6.07, 6.45) is -3.79. The first-order valence-electron chi connectivity index (χ1n) is 2.97. The molecule has 1 rings (SSSR count). The minimum Gasteiger partial charge on any atom is -0.230 e. The van der Waals surface area contributed by atoms with Crippen molar-refractivity contribution in [1.82, 2.24) is 4.84 Å². The van der Waals surface area contributed by atoms with Gasteiger partial charge in [0.05, 0.1) is 5.92 Å². The van der Waals surface area contributed by atoms with Crippen LogP contribution in [0.5, 0.6) is 0 Å². The molecule has 10 heavy (non-hydrogen) atoms. The Kier molecular flexibility index (Phi) is 2.10. The van der Waals surface area contributed by atoms with E-state index in [1.165, 1.54) is 0 Å². The van der Waals surface area contributed by atoms with Crippen molar-refractivity contribution in [2.75, 3.05) is 0 Å². The molecule has 1 aliphatic rings. The third kappa shape index (κ3) is 1.55. The van der Waals surface area contributed by atoms with Gasteiger partial charge >= 0.3 is 6.18 Å². The van der Waals surface area contributed by atoms with Crippen molar-refractivity contribution in [3.05, 3.63) is 0 Å². The molecule has 5 heteroatoms. The van der Waals surface area contributed by atoms with Crippen molar-refractivity contribution in [1.29, 1.82) is 0 Å². The van der Waals surface area contributed by atoms with Crippen LogP contribution in [-0.4, -0.2) is 12.2 Å². The average Bonchev–Trinajstić information content (AvgIpc) is 1.57. The lowest BCUT2D eigenvalue weighted by Gasteiger charge is -2.35.